The van der Waals surface area contributed by atoms with Gasteiger partial charge in [0.05, 0.1) is 6.61 Å². The number of para-hydroxylation sites is 1. The lowest BCUT2D eigenvalue weighted by Gasteiger charge is -2.10. The second-order valence-electron chi connectivity index (χ2n) is 5.79. The highest BCUT2D eigenvalue weighted by atomic mass is 16.5. The van der Waals surface area contributed by atoms with E-state index in [0.717, 1.165) is 22.6 Å². The number of carbonyl (C=O) groups excluding carboxylic acids is 2. The number of anilines is 1. The zero-order chi connectivity index (χ0) is 18.1. The molecule has 0 atom stereocenters. The zero-order valence-electron chi connectivity index (χ0n) is 14.6. The van der Waals surface area contributed by atoms with Crippen LogP contribution in [-0.2, 0) is 14.3 Å². The van der Waals surface area contributed by atoms with E-state index in [1.54, 1.807) is 0 Å². The summed E-state index contributed by atoms with van der Waals surface area (Å²) < 4.78 is 10.5. The Morgan fingerprint density at radius 1 is 1.04 bits per heavy atom. The average molecular weight is 341 g/mol. The molecule has 0 aliphatic rings. The number of amides is 1. The highest BCUT2D eigenvalue weighted by molar-refractivity contribution is 5.93. The van der Waals surface area contributed by atoms with Crippen molar-refractivity contribution < 1.29 is 19.1 Å². The summed E-state index contributed by atoms with van der Waals surface area (Å²) in [7, 11) is 0. The van der Waals surface area contributed by atoms with E-state index >= 15 is 0 Å². The van der Waals surface area contributed by atoms with Gasteiger partial charge in [-0.05, 0) is 49.6 Å². The molecule has 5 nitrogen and oxygen atoms in total. The Morgan fingerprint density at radius 2 is 1.80 bits per heavy atom. The Morgan fingerprint density at radius 3 is 2.56 bits per heavy atom. The molecular formula is C20H23NO4. The van der Waals surface area contributed by atoms with Gasteiger partial charge in [0.15, 0.2) is 6.61 Å². The first-order valence-corrected chi connectivity index (χ1v) is 8.25. The first-order chi connectivity index (χ1) is 12.0. The highest BCUT2D eigenvalue weighted by Gasteiger charge is 2.09. The van der Waals surface area contributed by atoms with Crippen molar-refractivity contribution in [3.05, 3.63) is 59.7 Å². The van der Waals surface area contributed by atoms with Crippen molar-refractivity contribution in [1.82, 2.24) is 0 Å². The van der Waals surface area contributed by atoms with E-state index in [0.29, 0.717) is 13.0 Å². The van der Waals surface area contributed by atoms with Crippen LogP contribution in [0.15, 0.2) is 48.5 Å². The number of ether oxygens (including phenoxy) is 2. The van der Waals surface area contributed by atoms with Crippen LogP contribution in [0.1, 0.15) is 24.0 Å². The van der Waals surface area contributed by atoms with Gasteiger partial charge in [-0.3, -0.25) is 9.59 Å². The zero-order valence-corrected chi connectivity index (χ0v) is 14.6. The fourth-order valence-corrected chi connectivity index (χ4v) is 2.20. The molecule has 132 valence electrons. The van der Waals surface area contributed by atoms with Gasteiger partial charge < -0.3 is 14.8 Å². The van der Waals surface area contributed by atoms with Gasteiger partial charge in [0.1, 0.15) is 5.75 Å². The summed E-state index contributed by atoms with van der Waals surface area (Å²) in [4.78, 5) is 23.6. The lowest BCUT2D eigenvalue weighted by molar-refractivity contribution is -0.147. The normalized spacial score (nSPS) is 10.2. The first-order valence-electron chi connectivity index (χ1n) is 8.25. The number of carbonyl (C=O) groups is 2. The van der Waals surface area contributed by atoms with E-state index in [4.69, 9.17) is 9.47 Å². The van der Waals surface area contributed by atoms with Crippen LogP contribution in [0, 0.1) is 13.8 Å². The van der Waals surface area contributed by atoms with Gasteiger partial charge in [0.25, 0.3) is 5.91 Å². The maximum Gasteiger partial charge on any atom is 0.306 e. The maximum atomic E-state index is 11.9. The van der Waals surface area contributed by atoms with E-state index in [1.165, 1.54) is 0 Å². The lowest BCUT2D eigenvalue weighted by Crippen LogP contribution is -2.21. The van der Waals surface area contributed by atoms with Crippen LogP contribution in [0.3, 0.4) is 0 Å². The highest BCUT2D eigenvalue weighted by Crippen LogP contribution is 2.16. The van der Waals surface area contributed by atoms with Crippen molar-refractivity contribution in [2.45, 2.75) is 26.7 Å². The quantitative estimate of drug-likeness (QED) is 0.588. The third kappa shape index (κ3) is 6.67. The number of esters is 1. The van der Waals surface area contributed by atoms with Crippen LogP contribution in [0.5, 0.6) is 5.75 Å². The lowest BCUT2D eigenvalue weighted by atomic mass is 10.1. The third-order valence-corrected chi connectivity index (χ3v) is 3.57. The minimum atomic E-state index is -0.409. The second kappa shape index (κ2) is 9.47. The SMILES string of the molecule is Cc1ccc(C)c(NC(=O)COC(=O)CCCOc2ccccc2)c1. The molecule has 2 rings (SSSR count). The largest absolute Gasteiger partial charge is 0.494 e. The number of hydrogen-bond donors (Lipinski definition) is 1. The molecule has 0 aliphatic heterocycles. The van der Waals surface area contributed by atoms with Gasteiger partial charge in [0.2, 0.25) is 0 Å². The predicted molar refractivity (Wildman–Crippen MR) is 96.7 cm³/mol. The van der Waals surface area contributed by atoms with Gasteiger partial charge in [0, 0.05) is 12.1 Å². The third-order valence-electron chi connectivity index (χ3n) is 3.57. The van der Waals surface area contributed by atoms with Crippen molar-refractivity contribution in [3.8, 4) is 5.75 Å². The number of hydrogen-bond acceptors (Lipinski definition) is 4. The van der Waals surface area contributed by atoms with Crippen LogP contribution in [0.4, 0.5) is 5.69 Å². The molecule has 0 spiro atoms. The molecule has 1 amide bonds. The summed E-state index contributed by atoms with van der Waals surface area (Å²) in [6.45, 7) is 4.00. The number of aryl methyl sites for hydroxylation is 2. The molecule has 25 heavy (non-hydrogen) atoms. The summed E-state index contributed by atoms with van der Waals surface area (Å²) in [5.74, 6) is 0.0131. The van der Waals surface area contributed by atoms with E-state index in [9.17, 15) is 9.59 Å². The fraction of sp³-hybridized carbons (Fsp3) is 0.300. The fourth-order valence-electron chi connectivity index (χ4n) is 2.20. The van der Waals surface area contributed by atoms with Crippen molar-refractivity contribution in [3.63, 3.8) is 0 Å². The molecule has 0 radical (unpaired) electrons. The van der Waals surface area contributed by atoms with Crippen LogP contribution in [-0.4, -0.2) is 25.1 Å². The molecule has 2 aromatic rings. The van der Waals surface area contributed by atoms with Gasteiger partial charge in [-0.25, -0.2) is 0 Å². The Hall–Kier alpha value is -2.82. The van der Waals surface area contributed by atoms with Gasteiger partial charge in [-0.2, -0.15) is 0 Å². The molecular weight excluding hydrogens is 318 g/mol. The average Bonchev–Trinajstić information content (AvgIpc) is 2.61. The Kier molecular flexibility index (Phi) is 7.01. The maximum absolute atomic E-state index is 11.9. The van der Waals surface area contributed by atoms with Crippen LogP contribution >= 0.6 is 0 Å². The standard InChI is InChI=1S/C20H23NO4/c1-15-10-11-16(2)18(13-15)21-19(22)14-25-20(23)9-6-12-24-17-7-4-3-5-8-17/h3-5,7-8,10-11,13H,6,9,12,14H2,1-2H3,(H,21,22). The smallest absolute Gasteiger partial charge is 0.306 e. The molecule has 5 heteroatoms. The van der Waals surface area contributed by atoms with Crippen LogP contribution in [0.25, 0.3) is 0 Å². The summed E-state index contributed by atoms with van der Waals surface area (Å²) in [5, 5.41) is 2.75. The summed E-state index contributed by atoms with van der Waals surface area (Å²) in [5.41, 5.74) is 2.75. The van der Waals surface area contributed by atoms with Crippen molar-refractivity contribution in [2.75, 3.05) is 18.5 Å². The Balaban J connectivity index is 1.64. The number of benzene rings is 2. The molecule has 0 bridgehead atoms. The summed E-state index contributed by atoms with van der Waals surface area (Å²) in [6.07, 6.45) is 0.746. The van der Waals surface area contributed by atoms with Gasteiger partial charge in [-0.15, -0.1) is 0 Å². The molecule has 0 aromatic heterocycles. The molecule has 2 aromatic carbocycles. The van der Waals surface area contributed by atoms with Crippen molar-refractivity contribution >= 4 is 17.6 Å². The summed E-state index contributed by atoms with van der Waals surface area (Å²) in [6, 6.07) is 15.2. The van der Waals surface area contributed by atoms with E-state index in [-0.39, 0.29) is 18.9 Å². The molecule has 0 heterocycles. The molecule has 1 N–H and O–H groups in total. The van der Waals surface area contributed by atoms with Crippen molar-refractivity contribution in [2.24, 2.45) is 0 Å². The Bertz CT molecular complexity index is 713. The van der Waals surface area contributed by atoms with Gasteiger partial charge >= 0.3 is 5.97 Å². The molecule has 0 fully saturated rings. The van der Waals surface area contributed by atoms with E-state index in [1.807, 2.05) is 62.4 Å². The van der Waals surface area contributed by atoms with E-state index in [2.05, 4.69) is 5.32 Å². The topological polar surface area (TPSA) is 64.6 Å². The Labute approximate surface area is 148 Å². The predicted octanol–water partition coefficient (Wildman–Crippen LogP) is 3.64. The minimum Gasteiger partial charge on any atom is -0.494 e. The first kappa shape index (κ1) is 18.5. The number of nitrogens with one attached hydrogen (secondary N) is 1. The number of rotatable bonds is 8. The second-order valence-corrected chi connectivity index (χ2v) is 5.79. The van der Waals surface area contributed by atoms with E-state index < -0.39 is 5.97 Å². The molecule has 0 saturated heterocycles. The molecule has 0 saturated carbocycles. The monoisotopic (exact) mass is 341 g/mol. The van der Waals surface area contributed by atoms with Crippen LogP contribution in [0.2, 0.25) is 0 Å². The summed E-state index contributed by atoms with van der Waals surface area (Å²) >= 11 is 0. The van der Waals surface area contributed by atoms with Crippen LogP contribution < -0.4 is 10.1 Å². The molecule has 0 aliphatic carbocycles. The molecule has 0 unspecified atom stereocenters. The minimum absolute atomic E-state index is 0.212. The van der Waals surface area contributed by atoms with Gasteiger partial charge in [-0.1, -0.05) is 30.3 Å². The van der Waals surface area contributed by atoms with Crippen molar-refractivity contribution in [1.29, 1.82) is 0 Å².